The highest BCUT2D eigenvalue weighted by Crippen LogP contribution is 2.44. The maximum absolute atomic E-state index is 6.50. The van der Waals surface area contributed by atoms with E-state index in [4.69, 9.17) is 4.42 Å². The zero-order valence-electron chi connectivity index (χ0n) is 34.2. The van der Waals surface area contributed by atoms with Crippen molar-refractivity contribution >= 4 is 93.1 Å². The van der Waals surface area contributed by atoms with E-state index in [9.17, 15) is 0 Å². The number of hydrogen-bond acceptors (Lipinski definition) is 2. The highest BCUT2D eigenvalue weighted by atomic mass is 16.3. The van der Waals surface area contributed by atoms with Crippen molar-refractivity contribution in [3.8, 4) is 27.9 Å². The van der Waals surface area contributed by atoms with Crippen LogP contribution in [0.2, 0.25) is 0 Å². The quantitative estimate of drug-likeness (QED) is 0.156. The largest absolute Gasteiger partial charge is 0.455 e. The van der Waals surface area contributed by atoms with Crippen LogP contribution < -0.4 is 4.90 Å². The third-order valence-corrected chi connectivity index (χ3v) is 12.9. The summed E-state index contributed by atoms with van der Waals surface area (Å²) in [6, 6.07) is 83.6. The minimum Gasteiger partial charge on any atom is -0.455 e. The Kier molecular flexibility index (Phi) is 7.91. The number of aromatic nitrogens is 1. The van der Waals surface area contributed by atoms with E-state index < -0.39 is 0 Å². The molecule has 0 aliphatic rings. The zero-order valence-corrected chi connectivity index (χ0v) is 34.2. The Bertz CT molecular complexity index is 3870. The number of anilines is 3. The molecular formula is C60H38N2O. The highest BCUT2D eigenvalue weighted by Gasteiger charge is 2.20. The second kappa shape index (κ2) is 14.1. The van der Waals surface area contributed by atoms with E-state index in [0.717, 1.165) is 66.8 Å². The maximum atomic E-state index is 6.50. The van der Waals surface area contributed by atoms with Gasteiger partial charge < -0.3 is 13.9 Å². The van der Waals surface area contributed by atoms with Gasteiger partial charge in [0.05, 0.1) is 16.7 Å². The molecule has 0 aliphatic carbocycles. The molecule has 0 aliphatic heterocycles. The Morgan fingerprint density at radius 2 is 0.921 bits per heavy atom. The standard InChI is InChI=1S/C60H38N2O/c1-4-20-49-40(13-1)29-33-54-55-37-43(30-34-59(55)63-60(49)54)42-16-12-17-46(36-42)61(58-38-44-14-2-3-19-48(44)50-21-5-6-22-51(50)58)45-31-27-39(28-32-45)41-15-11-18-47(35-41)62-56-25-9-7-23-52(56)53-24-8-10-26-57(53)62/h1-38H. The average molecular weight is 803 g/mol. The summed E-state index contributed by atoms with van der Waals surface area (Å²) in [4.78, 5) is 2.43. The van der Waals surface area contributed by atoms with Gasteiger partial charge in [0.15, 0.2) is 0 Å². The van der Waals surface area contributed by atoms with E-state index in [0.29, 0.717) is 0 Å². The van der Waals surface area contributed by atoms with Crippen molar-refractivity contribution in [1.29, 1.82) is 0 Å². The molecule has 0 atom stereocenters. The number of para-hydroxylation sites is 2. The van der Waals surface area contributed by atoms with Crippen LogP contribution in [0.15, 0.2) is 235 Å². The molecule has 13 aromatic rings. The molecule has 11 aromatic carbocycles. The Morgan fingerprint density at radius 1 is 0.317 bits per heavy atom. The topological polar surface area (TPSA) is 21.3 Å². The third-order valence-electron chi connectivity index (χ3n) is 12.9. The van der Waals surface area contributed by atoms with Crippen molar-refractivity contribution in [2.75, 3.05) is 4.90 Å². The SMILES string of the molecule is c1cc(-c2ccc3oc4c5ccccc5ccc4c3c2)cc(N(c2ccc(-c3cccc(-n4c5ccccc5c5ccccc54)c3)cc2)c2cc3ccccc3c3ccccc23)c1. The second-order valence-electron chi connectivity index (χ2n) is 16.5. The lowest BCUT2D eigenvalue weighted by Crippen LogP contribution is -2.10. The highest BCUT2D eigenvalue weighted by molar-refractivity contribution is 6.17. The summed E-state index contributed by atoms with van der Waals surface area (Å²) in [5.74, 6) is 0. The molecule has 0 amide bonds. The molecule has 0 unspecified atom stereocenters. The molecule has 0 N–H and O–H groups in total. The fourth-order valence-corrected chi connectivity index (χ4v) is 9.98. The summed E-state index contributed by atoms with van der Waals surface area (Å²) in [5, 5.41) is 12.0. The molecule has 3 heteroatoms. The average Bonchev–Trinajstić information content (AvgIpc) is 3.90. The van der Waals surface area contributed by atoms with E-state index in [1.807, 2.05) is 0 Å². The summed E-state index contributed by atoms with van der Waals surface area (Å²) in [6.07, 6.45) is 0. The van der Waals surface area contributed by atoms with E-state index in [1.165, 1.54) is 54.3 Å². The molecule has 3 nitrogen and oxygen atoms in total. The molecule has 13 rings (SSSR count). The van der Waals surface area contributed by atoms with Crippen LogP contribution >= 0.6 is 0 Å². The van der Waals surface area contributed by atoms with Crippen LogP contribution in [0, 0.1) is 0 Å². The number of hydrogen-bond donors (Lipinski definition) is 0. The molecule has 294 valence electrons. The number of fused-ring (bicyclic) bond motifs is 11. The van der Waals surface area contributed by atoms with Gasteiger partial charge in [-0.05, 0) is 117 Å². The first kappa shape index (κ1) is 35.4. The van der Waals surface area contributed by atoms with Crippen LogP contribution in [0.25, 0.3) is 104 Å². The normalized spacial score (nSPS) is 11.8. The minimum atomic E-state index is 0.895. The second-order valence-corrected chi connectivity index (χ2v) is 16.5. The van der Waals surface area contributed by atoms with Gasteiger partial charge in [0, 0.05) is 49.4 Å². The molecule has 0 saturated carbocycles. The molecule has 0 radical (unpaired) electrons. The van der Waals surface area contributed by atoms with Crippen LogP contribution in [-0.2, 0) is 0 Å². The lowest BCUT2D eigenvalue weighted by molar-refractivity contribution is 0.672. The first-order chi connectivity index (χ1) is 31.2. The number of furan rings is 1. The summed E-state index contributed by atoms with van der Waals surface area (Å²) >= 11 is 0. The summed E-state index contributed by atoms with van der Waals surface area (Å²) in [6.45, 7) is 0. The van der Waals surface area contributed by atoms with Crippen molar-refractivity contribution in [3.05, 3.63) is 231 Å². The van der Waals surface area contributed by atoms with E-state index >= 15 is 0 Å². The van der Waals surface area contributed by atoms with Crippen molar-refractivity contribution in [2.45, 2.75) is 0 Å². The van der Waals surface area contributed by atoms with E-state index in [-0.39, 0.29) is 0 Å². The molecule has 0 saturated heterocycles. The first-order valence-corrected chi connectivity index (χ1v) is 21.6. The molecule has 2 aromatic heterocycles. The minimum absolute atomic E-state index is 0.895. The summed E-state index contributed by atoms with van der Waals surface area (Å²) in [5.41, 5.74) is 13.3. The number of rotatable bonds is 6. The Labute approximate surface area is 363 Å². The summed E-state index contributed by atoms with van der Waals surface area (Å²) in [7, 11) is 0. The van der Waals surface area contributed by atoms with Gasteiger partial charge in [-0.1, -0.05) is 158 Å². The van der Waals surface area contributed by atoms with Gasteiger partial charge in [-0.3, -0.25) is 0 Å². The summed E-state index contributed by atoms with van der Waals surface area (Å²) < 4.78 is 8.89. The van der Waals surface area contributed by atoms with Crippen molar-refractivity contribution < 1.29 is 4.42 Å². The van der Waals surface area contributed by atoms with Crippen LogP contribution in [0.4, 0.5) is 17.1 Å². The van der Waals surface area contributed by atoms with Crippen LogP contribution in [0.3, 0.4) is 0 Å². The smallest absolute Gasteiger partial charge is 0.143 e. The Hall–Kier alpha value is -8.40. The number of benzene rings is 11. The third kappa shape index (κ3) is 5.67. The molecule has 0 fully saturated rings. The van der Waals surface area contributed by atoms with Gasteiger partial charge in [-0.15, -0.1) is 0 Å². The van der Waals surface area contributed by atoms with Gasteiger partial charge >= 0.3 is 0 Å². The Morgan fingerprint density at radius 3 is 1.70 bits per heavy atom. The molecule has 0 bridgehead atoms. The van der Waals surface area contributed by atoms with Crippen molar-refractivity contribution in [2.24, 2.45) is 0 Å². The van der Waals surface area contributed by atoms with Crippen molar-refractivity contribution in [3.63, 3.8) is 0 Å². The van der Waals surface area contributed by atoms with Gasteiger partial charge in [0.25, 0.3) is 0 Å². The van der Waals surface area contributed by atoms with Crippen molar-refractivity contribution in [1.82, 2.24) is 4.57 Å². The zero-order chi connectivity index (χ0) is 41.4. The predicted octanol–water partition coefficient (Wildman–Crippen LogP) is 16.9. The monoisotopic (exact) mass is 802 g/mol. The molecular weight excluding hydrogens is 765 g/mol. The predicted molar refractivity (Wildman–Crippen MR) is 266 cm³/mol. The Balaban J connectivity index is 0.949. The molecule has 0 spiro atoms. The maximum Gasteiger partial charge on any atom is 0.143 e. The van der Waals surface area contributed by atoms with Crippen LogP contribution in [-0.4, -0.2) is 4.57 Å². The first-order valence-electron chi connectivity index (χ1n) is 21.6. The number of nitrogens with zero attached hydrogens (tertiary/aromatic N) is 2. The fraction of sp³-hybridized carbons (Fsp3) is 0. The van der Waals surface area contributed by atoms with E-state index in [2.05, 4.69) is 240 Å². The fourth-order valence-electron chi connectivity index (χ4n) is 9.98. The lowest BCUT2D eigenvalue weighted by atomic mass is 9.98. The van der Waals surface area contributed by atoms with Crippen LogP contribution in [0.1, 0.15) is 0 Å². The lowest BCUT2D eigenvalue weighted by Gasteiger charge is -2.28. The van der Waals surface area contributed by atoms with Gasteiger partial charge in [-0.2, -0.15) is 0 Å². The van der Waals surface area contributed by atoms with Gasteiger partial charge in [0.1, 0.15) is 11.2 Å². The van der Waals surface area contributed by atoms with Crippen LogP contribution in [0.5, 0.6) is 0 Å². The molecule has 63 heavy (non-hydrogen) atoms. The molecule has 2 heterocycles. The van der Waals surface area contributed by atoms with Gasteiger partial charge in [-0.25, -0.2) is 0 Å². The van der Waals surface area contributed by atoms with E-state index in [1.54, 1.807) is 0 Å². The van der Waals surface area contributed by atoms with Gasteiger partial charge in [0.2, 0.25) is 0 Å².